The molecule has 2 aromatic rings. The van der Waals surface area contributed by atoms with Crippen LogP contribution in [0, 0.1) is 13.8 Å². The highest BCUT2D eigenvalue weighted by molar-refractivity contribution is 5.78. The summed E-state index contributed by atoms with van der Waals surface area (Å²) in [6.45, 7) is 5.37. The van der Waals surface area contributed by atoms with Gasteiger partial charge < -0.3 is 9.88 Å². The van der Waals surface area contributed by atoms with Gasteiger partial charge in [0.05, 0.1) is 18.4 Å². The molecular weight excluding hydrogens is 240 g/mol. The zero-order valence-corrected chi connectivity index (χ0v) is 11.3. The van der Waals surface area contributed by atoms with Gasteiger partial charge in [-0.1, -0.05) is 0 Å². The minimum absolute atomic E-state index is 0.0284. The van der Waals surface area contributed by atoms with E-state index in [0.717, 1.165) is 23.5 Å². The number of pyridine rings is 1. The van der Waals surface area contributed by atoms with Crippen molar-refractivity contribution in [1.82, 2.24) is 19.9 Å². The molecule has 2 rings (SSSR count). The van der Waals surface area contributed by atoms with E-state index in [0.29, 0.717) is 13.0 Å². The average Bonchev–Trinajstić information content (AvgIpc) is 2.72. The Morgan fingerprint density at radius 1 is 1.32 bits per heavy atom. The fraction of sp³-hybridized carbons (Fsp3) is 0.357. The van der Waals surface area contributed by atoms with Crippen molar-refractivity contribution in [2.75, 3.05) is 6.54 Å². The van der Waals surface area contributed by atoms with E-state index in [1.54, 1.807) is 18.7 Å². The zero-order chi connectivity index (χ0) is 13.7. The number of carbonyl (C=O) groups excluding carboxylic acids is 1. The van der Waals surface area contributed by atoms with Gasteiger partial charge in [0.25, 0.3) is 0 Å². The number of hydrogen-bond donors (Lipinski definition) is 1. The van der Waals surface area contributed by atoms with Gasteiger partial charge in [-0.3, -0.25) is 9.78 Å². The summed E-state index contributed by atoms with van der Waals surface area (Å²) in [5, 5.41) is 2.91. The molecule has 0 aromatic carbocycles. The van der Waals surface area contributed by atoms with Crippen LogP contribution in [-0.2, 0) is 17.8 Å². The SMILES string of the molecule is Cc1ncn(CCNC(=O)Cc2ccncc2)c1C. The molecule has 0 radical (unpaired) electrons. The molecule has 0 aliphatic carbocycles. The van der Waals surface area contributed by atoms with E-state index in [1.165, 1.54) is 0 Å². The number of amides is 1. The normalized spacial score (nSPS) is 10.4. The Hall–Kier alpha value is -2.17. The lowest BCUT2D eigenvalue weighted by Crippen LogP contribution is -2.28. The Labute approximate surface area is 112 Å². The predicted octanol–water partition coefficient (Wildman–Crippen LogP) is 1.25. The molecule has 100 valence electrons. The molecule has 0 unspecified atom stereocenters. The fourth-order valence-electron chi connectivity index (χ4n) is 1.83. The van der Waals surface area contributed by atoms with E-state index in [1.807, 2.05) is 30.5 Å². The molecule has 2 heterocycles. The number of carbonyl (C=O) groups is 1. The number of nitrogens with zero attached hydrogens (tertiary/aromatic N) is 3. The van der Waals surface area contributed by atoms with Crippen LogP contribution in [0.4, 0.5) is 0 Å². The van der Waals surface area contributed by atoms with E-state index in [9.17, 15) is 4.79 Å². The first kappa shape index (κ1) is 13.3. The van der Waals surface area contributed by atoms with E-state index in [4.69, 9.17) is 0 Å². The van der Waals surface area contributed by atoms with Crippen molar-refractivity contribution in [3.8, 4) is 0 Å². The third-order valence-electron chi connectivity index (χ3n) is 3.13. The minimum Gasteiger partial charge on any atom is -0.354 e. The highest BCUT2D eigenvalue weighted by atomic mass is 16.1. The third kappa shape index (κ3) is 3.64. The van der Waals surface area contributed by atoms with Crippen molar-refractivity contribution in [3.63, 3.8) is 0 Å². The number of aryl methyl sites for hydroxylation is 1. The summed E-state index contributed by atoms with van der Waals surface area (Å²) < 4.78 is 2.04. The number of nitrogens with one attached hydrogen (secondary N) is 1. The Balaban J connectivity index is 1.77. The molecule has 0 saturated carbocycles. The van der Waals surface area contributed by atoms with Crippen LogP contribution < -0.4 is 5.32 Å². The third-order valence-corrected chi connectivity index (χ3v) is 3.13. The largest absolute Gasteiger partial charge is 0.354 e. The molecule has 5 heteroatoms. The van der Waals surface area contributed by atoms with Crippen LogP contribution in [0.25, 0.3) is 0 Å². The van der Waals surface area contributed by atoms with E-state index in [-0.39, 0.29) is 5.91 Å². The van der Waals surface area contributed by atoms with Crippen LogP contribution in [0.3, 0.4) is 0 Å². The van der Waals surface area contributed by atoms with Crippen LogP contribution in [0.2, 0.25) is 0 Å². The summed E-state index contributed by atoms with van der Waals surface area (Å²) in [5.41, 5.74) is 3.15. The van der Waals surface area contributed by atoms with Crippen molar-refractivity contribution >= 4 is 5.91 Å². The van der Waals surface area contributed by atoms with Crippen LogP contribution in [-0.4, -0.2) is 27.0 Å². The average molecular weight is 258 g/mol. The topological polar surface area (TPSA) is 59.8 Å². The van der Waals surface area contributed by atoms with Crippen LogP contribution in [0.1, 0.15) is 17.0 Å². The van der Waals surface area contributed by atoms with Gasteiger partial charge >= 0.3 is 0 Å². The van der Waals surface area contributed by atoms with E-state index >= 15 is 0 Å². The molecule has 19 heavy (non-hydrogen) atoms. The molecule has 5 nitrogen and oxygen atoms in total. The summed E-state index contributed by atoms with van der Waals surface area (Å²) in [5.74, 6) is 0.0284. The number of rotatable bonds is 5. The second-order valence-electron chi connectivity index (χ2n) is 4.49. The monoisotopic (exact) mass is 258 g/mol. The number of hydrogen-bond acceptors (Lipinski definition) is 3. The molecule has 0 fully saturated rings. The molecule has 0 aliphatic rings. The van der Waals surface area contributed by atoms with Gasteiger partial charge in [0, 0.05) is 31.2 Å². The lowest BCUT2D eigenvalue weighted by Gasteiger charge is -2.07. The molecule has 0 atom stereocenters. The zero-order valence-electron chi connectivity index (χ0n) is 11.3. The molecule has 2 aromatic heterocycles. The van der Waals surface area contributed by atoms with Crippen molar-refractivity contribution in [2.45, 2.75) is 26.8 Å². The lowest BCUT2D eigenvalue weighted by atomic mass is 10.2. The predicted molar refractivity (Wildman–Crippen MR) is 72.7 cm³/mol. The Morgan fingerprint density at radius 2 is 2.05 bits per heavy atom. The van der Waals surface area contributed by atoms with E-state index < -0.39 is 0 Å². The quantitative estimate of drug-likeness (QED) is 0.878. The van der Waals surface area contributed by atoms with Crippen molar-refractivity contribution < 1.29 is 4.79 Å². The Kier molecular flexibility index (Phi) is 4.28. The van der Waals surface area contributed by atoms with Gasteiger partial charge in [0.1, 0.15) is 0 Å². The maximum atomic E-state index is 11.7. The molecule has 0 saturated heterocycles. The lowest BCUT2D eigenvalue weighted by molar-refractivity contribution is -0.120. The Bertz CT molecular complexity index is 548. The van der Waals surface area contributed by atoms with Crippen molar-refractivity contribution in [2.24, 2.45) is 0 Å². The first-order valence-corrected chi connectivity index (χ1v) is 6.31. The summed E-state index contributed by atoms with van der Waals surface area (Å²) in [4.78, 5) is 19.9. The van der Waals surface area contributed by atoms with Crippen molar-refractivity contribution in [1.29, 1.82) is 0 Å². The van der Waals surface area contributed by atoms with Gasteiger partial charge in [-0.25, -0.2) is 4.98 Å². The maximum absolute atomic E-state index is 11.7. The van der Waals surface area contributed by atoms with Crippen LogP contribution >= 0.6 is 0 Å². The molecule has 1 amide bonds. The number of aromatic nitrogens is 3. The van der Waals surface area contributed by atoms with Crippen molar-refractivity contribution in [3.05, 3.63) is 47.8 Å². The summed E-state index contributed by atoms with van der Waals surface area (Å²) in [6, 6.07) is 3.70. The molecule has 0 spiro atoms. The fourth-order valence-corrected chi connectivity index (χ4v) is 1.83. The second kappa shape index (κ2) is 6.13. The smallest absolute Gasteiger partial charge is 0.224 e. The summed E-state index contributed by atoms with van der Waals surface area (Å²) in [7, 11) is 0. The molecule has 0 aliphatic heterocycles. The summed E-state index contributed by atoms with van der Waals surface area (Å²) >= 11 is 0. The maximum Gasteiger partial charge on any atom is 0.224 e. The van der Waals surface area contributed by atoms with Gasteiger partial charge in [-0.05, 0) is 31.5 Å². The standard InChI is InChI=1S/C14H18N4O/c1-11-12(2)18(10-17-11)8-7-16-14(19)9-13-3-5-15-6-4-13/h3-6,10H,7-9H2,1-2H3,(H,16,19). The second-order valence-corrected chi connectivity index (χ2v) is 4.49. The van der Waals surface area contributed by atoms with E-state index in [2.05, 4.69) is 15.3 Å². The summed E-state index contributed by atoms with van der Waals surface area (Å²) in [6.07, 6.45) is 5.59. The molecule has 0 bridgehead atoms. The number of imidazole rings is 1. The highest BCUT2D eigenvalue weighted by Crippen LogP contribution is 2.03. The van der Waals surface area contributed by atoms with Gasteiger partial charge in [-0.15, -0.1) is 0 Å². The molecular formula is C14H18N4O. The van der Waals surface area contributed by atoms with Crippen LogP contribution in [0.15, 0.2) is 30.9 Å². The minimum atomic E-state index is 0.0284. The van der Waals surface area contributed by atoms with Gasteiger partial charge in [0.15, 0.2) is 0 Å². The highest BCUT2D eigenvalue weighted by Gasteiger charge is 2.04. The Morgan fingerprint density at radius 3 is 2.68 bits per heavy atom. The first-order valence-electron chi connectivity index (χ1n) is 6.31. The van der Waals surface area contributed by atoms with Crippen LogP contribution in [0.5, 0.6) is 0 Å². The first-order chi connectivity index (χ1) is 9.16. The van der Waals surface area contributed by atoms with Gasteiger partial charge in [0.2, 0.25) is 5.91 Å². The van der Waals surface area contributed by atoms with Gasteiger partial charge in [-0.2, -0.15) is 0 Å². The molecule has 1 N–H and O–H groups in total.